The predicted octanol–water partition coefficient (Wildman–Crippen LogP) is 2.66. The smallest absolute Gasteiger partial charge is 0.141 e. The number of rotatable bonds is 4. The van der Waals surface area contributed by atoms with Gasteiger partial charge in [0.25, 0.3) is 0 Å². The summed E-state index contributed by atoms with van der Waals surface area (Å²) >= 11 is 0. The molecule has 1 fully saturated rings. The largest absolute Gasteiger partial charge is 0.328 e. The third-order valence-corrected chi connectivity index (χ3v) is 5.25. The number of aromatic nitrogens is 4. The number of carbonyl (C=O) groups is 1. The van der Waals surface area contributed by atoms with Crippen LogP contribution in [0.2, 0.25) is 0 Å². The van der Waals surface area contributed by atoms with E-state index in [-0.39, 0.29) is 17.7 Å². The Balaban J connectivity index is 1.55. The summed E-state index contributed by atoms with van der Waals surface area (Å²) in [7, 11) is 1.89. The lowest BCUT2D eigenvalue weighted by atomic mass is 9.82. The highest BCUT2D eigenvalue weighted by Crippen LogP contribution is 2.26. The van der Waals surface area contributed by atoms with Crippen LogP contribution in [0.25, 0.3) is 22.0 Å². The number of pyridine rings is 2. The van der Waals surface area contributed by atoms with Crippen molar-refractivity contribution in [3.05, 3.63) is 42.6 Å². The predicted molar refractivity (Wildman–Crippen MR) is 100 cm³/mol. The Morgan fingerprint density at radius 2 is 1.92 bits per heavy atom. The molecule has 0 aromatic carbocycles. The SMILES string of the molecule is Cn1cc(-c2cnc3cnc(CC(=O)C4CCC(N)CC4)cc3c2)cn1. The molecule has 0 spiro atoms. The molecule has 1 saturated carbocycles. The highest BCUT2D eigenvalue weighted by Gasteiger charge is 2.24. The van der Waals surface area contributed by atoms with Gasteiger partial charge in [-0.25, -0.2) is 0 Å². The molecule has 26 heavy (non-hydrogen) atoms. The van der Waals surface area contributed by atoms with Crippen LogP contribution in [0.1, 0.15) is 31.4 Å². The van der Waals surface area contributed by atoms with Crippen molar-refractivity contribution >= 4 is 16.7 Å². The zero-order valence-corrected chi connectivity index (χ0v) is 14.9. The fourth-order valence-corrected chi connectivity index (χ4v) is 3.67. The number of carbonyl (C=O) groups excluding carboxylic acids is 1. The molecule has 0 aliphatic heterocycles. The van der Waals surface area contributed by atoms with Gasteiger partial charge in [-0.1, -0.05) is 0 Å². The molecule has 3 aromatic rings. The third-order valence-electron chi connectivity index (χ3n) is 5.25. The molecule has 3 heterocycles. The van der Waals surface area contributed by atoms with E-state index in [1.807, 2.05) is 31.7 Å². The van der Waals surface area contributed by atoms with E-state index < -0.39 is 0 Å². The summed E-state index contributed by atoms with van der Waals surface area (Å²) in [6.45, 7) is 0. The standard InChI is InChI=1S/C20H23N5O/c1-25-12-16(10-24-25)15-6-14-7-18(22-11-19(14)23-9-15)8-20(26)13-2-4-17(21)5-3-13/h6-7,9-13,17H,2-5,8,21H2,1H3. The van der Waals surface area contributed by atoms with Crippen molar-refractivity contribution in [1.29, 1.82) is 0 Å². The van der Waals surface area contributed by atoms with Crippen LogP contribution in [0.15, 0.2) is 36.9 Å². The highest BCUT2D eigenvalue weighted by molar-refractivity contribution is 5.86. The Morgan fingerprint density at radius 3 is 2.65 bits per heavy atom. The van der Waals surface area contributed by atoms with Crippen LogP contribution in [-0.4, -0.2) is 31.6 Å². The number of hydrogen-bond acceptors (Lipinski definition) is 5. The number of hydrogen-bond donors (Lipinski definition) is 1. The fourth-order valence-electron chi connectivity index (χ4n) is 3.67. The zero-order valence-electron chi connectivity index (χ0n) is 14.9. The quantitative estimate of drug-likeness (QED) is 0.782. The second kappa shape index (κ2) is 6.96. The maximum absolute atomic E-state index is 12.6. The summed E-state index contributed by atoms with van der Waals surface area (Å²) in [6, 6.07) is 4.32. The average molecular weight is 349 g/mol. The van der Waals surface area contributed by atoms with Crippen molar-refractivity contribution in [2.75, 3.05) is 0 Å². The van der Waals surface area contributed by atoms with E-state index in [1.54, 1.807) is 10.9 Å². The molecule has 0 unspecified atom stereocenters. The second-order valence-corrected chi connectivity index (χ2v) is 7.25. The van der Waals surface area contributed by atoms with E-state index in [2.05, 4.69) is 21.1 Å². The van der Waals surface area contributed by atoms with E-state index in [1.165, 1.54) is 0 Å². The van der Waals surface area contributed by atoms with E-state index in [4.69, 9.17) is 5.73 Å². The Hall–Kier alpha value is -2.60. The first-order valence-corrected chi connectivity index (χ1v) is 9.10. The lowest BCUT2D eigenvalue weighted by molar-refractivity contribution is -0.123. The first-order chi connectivity index (χ1) is 12.6. The Bertz CT molecular complexity index is 940. The first kappa shape index (κ1) is 16.8. The molecule has 6 nitrogen and oxygen atoms in total. The minimum Gasteiger partial charge on any atom is -0.328 e. The number of nitrogens with zero attached hydrogens (tertiary/aromatic N) is 4. The van der Waals surface area contributed by atoms with E-state index >= 15 is 0 Å². The van der Waals surface area contributed by atoms with Gasteiger partial charge in [-0.05, 0) is 37.8 Å². The maximum atomic E-state index is 12.6. The molecule has 0 radical (unpaired) electrons. The van der Waals surface area contributed by atoms with Gasteiger partial charge < -0.3 is 5.73 Å². The summed E-state index contributed by atoms with van der Waals surface area (Å²) in [5, 5.41) is 5.21. The molecule has 3 aromatic heterocycles. The van der Waals surface area contributed by atoms with E-state index in [0.29, 0.717) is 6.42 Å². The van der Waals surface area contributed by atoms with Gasteiger partial charge in [0.2, 0.25) is 0 Å². The van der Waals surface area contributed by atoms with Crippen LogP contribution in [0.4, 0.5) is 0 Å². The van der Waals surface area contributed by atoms with E-state index in [9.17, 15) is 4.79 Å². The minimum absolute atomic E-state index is 0.132. The Kier molecular flexibility index (Phi) is 4.51. The molecule has 6 heteroatoms. The van der Waals surface area contributed by atoms with Gasteiger partial charge in [0, 0.05) is 60.0 Å². The molecule has 4 rings (SSSR count). The zero-order chi connectivity index (χ0) is 18.1. The number of nitrogens with two attached hydrogens (primary N) is 1. The van der Waals surface area contributed by atoms with Crippen LogP contribution in [0, 0.1) is 5.92 Å². The number of ketones is 1. The van der Waals surface area contributed by atoms with Crippen LogP contribution >= 0.6 is 0 Å². The molecule has 0 bridgehead atoms. The maximum Gasteiger partial charge on any atom is 0.141 e. The van der Waals surface area contributed by atoms with Crippen LogP contribution in [0.5, 0.6) is 0 Å². The van der Waals surface area contributed by atoms with Gasteiger partial charge >= 0.3 is 0 Å². The topological polar surface area (TPSA) is 86.7 Å². The summed E-state index contributed by atoms with van der Waals surface area (Å²) in [5.74, 6) is 0.410. The molecule has 2 N–H and O–H groups in total. The molecular weight excluding hydrogens is 326 g/mol. The minimum atomic E-state index is 0.132. The summed E-state index contributed by atoms with van der Waals surface area (Å²) < 4.78 is 1.77. The van der Waals surface area contributed by atoms with Crippen LogP contribution < -0.4 is 5.73 Å². The van der Waals surface area contributed by atoms with Crippen molar-refractivity contribution in [3.8, 4) is 11.1 Å². The van der Waals surface area contributed by atoms with Gasteiger partial charge in [-0.3, -0.25) is 19.4 Å². The molecule has 0 saturated heterocycles. The first-order valence-electron chi connectivity index (χ1n) is 9.10. The van der Waals surface area contributed by atoms with Crippen molar-refractivity contribution < 1.29 is 4.79 Å². The molecule has 1 aliphatic rings. The third kappa shape index (κ3) is 3.51. The van der Waals surface area contributed by atoms with Crippen molar-refractivity contribution in [2.45, 2.75) is 38.1 Å². The molecule has 1 aliphatic carbocycles. The number of fused-ring (bicyclic) bond motifs is 1. The molecule has 0 atom stereocenters. The second-order valence-electron chi connectivity index (χ2n) is 7.25. The Morgan fingerprint density at radius 1 is 1.12 bits per heavy atom. The van der Waals surface area contributed by atoms with Crippen LogP contribution in [0.3, 0.4) is 0 Å². The molecular formula is C20H23N5O. The van der Waals surface area contributed by atoms with Gasteiger partial charge in [0.1, 0.15) is 5.78 Å². The van der Waals surface area contributed by atoms with Gasteiger partial charge in [0.05, 0.1) is 17.9 Å². The van der Waals surface area contributed by atoms with Crippen molar-refractivity contribution in [1.82, 2.24) is 19.7 Å². The van der Waals surface area contributed by atoms with Gasteiger partial charge in [0.15, 0.2) is 0 Å². The monoisotopic (exact) mass is 349 g/mol. The Labute approximate surface area is 152 Å². The van der Waals surface area contributed by atoms with Gasteiger partial charge in [-0.15, -0.1) is 0 Å². The normalized spacial score (nSPS) is 20.4. The fraction of sp³-hybridized carbons (Fsp3) is 0.400. The lowest BCUT2D eigenvalue weighted by Gasteiger charge is -2.24. The number of aryl methyl sites for hydroxylation is 1. The van der Waals surface area contributed by atoms with Crippen molar-refractivity contribution in [2.24, 2.45) is 18.7 Å². The number of Topliss-reactive ketones (excluding diaryl/α,β-unsaturated/α-hetero) is 1. The van der Waals surface area contributed by atoms with Crippen LogP contribution in [-0.2, 0) is 18.3 Å². The summed E-state index contributed by atoms with van der Waals surface area (Å²) in [4.78, 5) is 21.5. The lowest BCUT2D eigenvalue weighted by Crippen LogP contribution is -2.30. The molecule has 0 amide bonds. The summed E-state index contributed by atoms with van der Waals surface area (Å²) in [6.07, 6.45) is 11.4. The molecule has 134 valence electrons. The van der Waals surface area contributed by atoms with Gasteiger partial charge in [-0.2, -0.15) is 5.10 Å². The van der Waals surface area contributed by atoms with E-state index in [0.717, 1.165) is 53.4 Å². The van der Waals surface area contributed by atoms with Crippen molar-refractivity contribution in [3.63, 3.8) is 0 Å². The average Bonchev–Trinajstić information content (AvgIpc) is 3.08. The summed E-state index contributed by atoms with van der Waals surface area (Å²) in [5.41, 5.74) is 9.61. The highest BCUT2D eigenvalue weighted by atomic mass is 16.1.